The molecule has 0 saturated heterocycles. The van der Waals surface area contributed by atoms with Gasteiger partial charge in [-0.2, -0.15) is 5.10 Å². The molecule has 0 aliphatic carbocycles. The summed E-state index contributed by atoms with van der Waals surface area (Å²) in [6.45, 7) is -0.216. The Morgan fingerprint density at radius 1 is 1.17 bits per heavy atom. The van der Waals surface area contributed by atoms with Crippen LogP contribution in [0.25, 0.3) is 0 Å². The fourth-order valence-corrected chi connectivity index (χ4v) is 2.10. The van der Waals surface area contributed by atoms with Crippen LogP contribution in [0.15, 0.2) is 58.1 Å². The van der Waals surface area contributed by atoms with Gasteiger partial charge in [-0.15, -0.1) is 0 Å². The molecule has 2 aromatic carbocycles. The molecule has 5 nitrogen and oxygen atoms in total. The summed E-state index contributed by atoms with van der Waals surface area (Å²) in [7, 11) is 0. The monoisotopic (exact) mass is 377 g/mol. The number of carbonyl (C=O) groups is 2. The lowest BCUT2D eigenvalue weighted by Gasteiger charge is -2.04. The average Bonchev–Trinajstić information content (AvgIpc) is 2.52. The standard InChI is InChI=1S/C16H13BrFN3O2/c17-13-5-2-4-12(8-13)16(23)19-10-15(22)21-20-9-11-3-1-6-14(18)7-11/h1-9H,10H2,(H,19,23)(H,21,22)/b20-9+. The second-order valence-electron chi connectivity index (χ2n) is 4.54. The van der Waals surface area contributed by atoms with E-state index in [2.05, 4.69) is 31.8 Å². The van der Waals surface area contributed by atoms with Crippen LogP contribution in [0.5, 0.6) is 0 Å². The Hall–Kier alpha value is -2.54. The number of nitrogens with one attached hydrogen (secondary N) is 2. The molecule has 23 heavy (non-hydrogen) atoms. The van der Waals surface area contributed by atoms with Crippen LogP contribution in [-0.2, 0) is 4.79 Å². The first-order chi connectivity index (χ1) is 11.0. The van der Waals surface area contributed by atoms with E-state index in [0.29, 0.717) is 11.1 Å². The summed E-state index contributed by atoms with van der Waals surface area (Å²) in [5, 5.41) is 6.18. The fraction of sp³-hybridized carbons (Fsp3) is 0.0625. The normalized spacial score (nSPS) is 10.5. The third kappa shape index (κ3) is 5.63. The zero-order valence-corrected chi connectivity index (χ0v) is 13.5. The number of nitrogens with zero attached hydrogens (tertiary/aromatic N) is 1. The van der Waals surface area contributed by atoms with Gasteiger partial charge in [0, 0.05) is 10.0 Å². The van der Waals surface area contributed by atoms with Gasteiger partial charge >= 0.3 is 0 Å². The topological polar surface area (TPSA) is 70.6 Å². The average molecular weight is 378 g/mol. The summed E-state index contributed by atoms with van der Waals surface area (Å²) < 4.78 is 13.7. The highest BCUT2D eigenvalue weighted by Gasteiger charge is 2.07. The maximum Gasteiger partial charge on any atom is 0.259 e. The molecule has 118 valence electrons. The molecule has 0 fully saturated rings. The molecule has 0 aliphatic rings. The second kappa shape index (κ2) is 8.19. The van der Waals surface area contributed by atoms with Crippen LogP contribution in [0.2, 0.25) is 0 Å². The van der Waals surface area contributed by atoms with Crippen molar-refractivity contribution in [2.24, 2.45) is 5.10 Å². The van der Waals surface area contributed by atoms with E-state index in [1.54, 1.807) is 30.3 Å². The Kier molecular flexibility index (Phi) is 5.99. The molecular formula is C16H13BrFN3O2. The van der Waals surface area contributed by atoms with Crippen molar-refractivity contribution in [1.82, 2.24) is 10.7 Å². The lowest BCUT2D eigenvalue weighted by molar-refractivity contribution is -0.120. The highest BCUT2D eigenvalue weighted by Crippen LogP contribution is 2.11. The molecular weight excluding hydrogens is 365 g/mol. The van der Waals surface area contributed by atoms with Crippen LogP contribution in [0.3, 0.4) is 0 Å². The maximum atomic E-state index is 13.0. The number of rotatable bonds is 5. The van der Waals surface area contributed by atoms with Gasteiger partial charge in [0.25, 0.3) is 11.8 Å². The summed E-state index contributed by atoms with van der Waals surface area (Å²) >= 11 is 3.27. The minimum absolute atomic E-state index is 0.216. The van der Waals surface area contributed by atoms with Crippen molar-refractivity contribution in [3.05, 3.63) is 69.9 Å². The van der Waals surface area contributed by atoms with Crippen molar-refractivity contribution in [2.75, 3.05) is 6.54 Å². The highest BCUT2D eigenvalue weighted by atomic mass is 79.9. The van der Waals surface area contributed by atoms with E-state index in [1.807, 2.05) is 0 Å². The quantitative estimate of drug-likeness (QED) is 0.620. The number of hydrogen-bond donors (Lipinski definition) is 2. The molecule has 2 N–H and O–H groups in total. The summed E-state index contributed by atoms with van der Waals surface area (Å²) in [5.41, 5.74) is 3.21. The molecule has 2 rings (SSSR count). The SMILES string of the molecule is O=C(CNC(=O)c1cccc(Br)c1)N/N=C/c1cccc(F)c1. The van der Waals surface area contributed by atoms with Crippen LogP contribution < -0.4 is 10.7 Å². The van der Waals surface area contributed by atoms with Gasteiger partial charge in [-0.3, -0.25) is 9.59 Å². The van der Waals surface area contributed by atoms with Gasteiger partial charge in [-0.25, -0.2) is 9.82 Å². The Bertz CT molecular complexity index is 750. The van der Waals surface area contributed by atoms with E-state index in [-0.39, 0.29) is 18.3 Å². The Morgan fingerprint density at radius 2 is 1.96 bits per heavy atom. The zero-order valence-electron chi connectivity index (χ0n) is 11.9. The van der Waals surface area contributed by atoms with Gasteiger partial charge in [0.1, 0.15) is 5.82 Å². The van der Waals surface area contributed by atoms with E-state index in [0.717, 1.165) is 4.47 Å². The largest absolute Gasteiger partial charge is 0.343 e. The smallest absolute Gasteiger partial charge is 0.259 e. The van der Waals surface area contributed by atoms with Gasteiger partial charge in [0.2, 0.25) is 0 Å². The first kappa shape index (κ1) is 16.8. The zero-order chi connectivity index (χ0) is 16.7. The van der Waals surface area contributed by atoms with Crippen molar-refractivity contribution in [2.45, 2.75) is 0 Å². The van der Waals surface area contributed by atoms with Crippen LogP contribution in [0.1, 0.15) is 15.9 Å². The van der Waals surface area contributed by atoms with Gasteiger partial charge < -0.3 is 5.32 Å². The van der Waals surface area contributed by atoms with E-state index < -0.39 is 5.91 Å². The minimum Gasteiger partial charge on any atom is -0.343 e. The Balaban J connectivity index is 1.80. The van der Waals surface area contributed by atoms with Crippen LogP contribution in [0.4, 0.5) is 4.39 Å². The summed E-state index contributed by atoms with van der Waals surface area (Å²) in [4.78, 5) is 23.4. The predicted molar refractivity (Wildman–Crippen MR) is 88.6 cm³/mol. The van der Waals surface area contributed by atoms with Gasteiger partial charge in [0.15, 0.2) is 0 Å². The minimum atomic E-state index is -0.485. The molecule has 0 radical (unpaired) electrons. The molecule has 0 unspecified atom stereocenters. The molecule has 0 aromatic heterocycles. The summed E-state index contributed by atoms with van der Waals surface area (Å²) in [6, 6.07) is 12.6. The highest BCUT2D eigenvalue weighted by molar-refractivity contribution is 9.10. The number of carbonyl (C=O) groups excluding carboxylic acids is 2. The van der Waals surface area contributed by atoms with E-state index in [9.17, 15) is 14.0 Å². The van der Waals surface area contributed by atoms with Crippen molar-refractivity contribution in [3.63, 3.8) is 0 Å². The molecule has 2 aromatic rings. The first-order valence-electron chi connectivity index (χ1n) is 6.66. The van der Waals surface area contributed by atoms with Crippen molar-refractivity contribution in [1.29, 1.82) is 0 Å². The Morgan fingerprint density at radius 3 is 2.70 bits per heavy atom. The molecule has 7 heteroatoms. The van der Waals surface area contributed by atoms with Crippen LogP contribution in [0, 0.1) is 5.82 Å². The van der Waals surface area contributed by atoms with Gasteiger partial charge in [0.05, 0.1) is 12.8 Å². The predicted octanol–water partition coefficient (Wildman–Crippen LogP) is 2.47. The van der Waals surface area contributed by atoms with Crippen molar-refractivity contribution >= 4 is 34.0 Å². The third-order valence-electron chi connectivity index (χ3n) is 2.75. The number of benzene rings is 2. The van der Waals surface area contributed by atoms with Crippen molar-refractivity contribution < 1.29 is 14.0 Å². The van der Waals surface area contributed by atoms with Crippen LogP contribution >= 0.6 is 15.9 Å². The van der Waals surface area contributed by atoms with Crippen molar-refractivity contribution in [3.8, 4) is 0 Å². The number of hydrogen-bond acceptors (Lipinski definition) is 3. The maximum absolute atomic E-state index is 13.0. The van der Waals surface area contributed by atoms with E-state index in [1.165, 1.54) is 24.4 Å². The van der Waals surface area contributed by atoms with E-state index >= 15 is 0 Å². The summed E-state index contributed by atoms with van der Waals surface area (Å²) in [6.07, 6.45) is 1.32. The number of hydrazone groups is 1. The fourth-order valence-electron chi connectivity index (χ4n) is 1.70. The molecule has 0 bridgehead atoms. The van der Waals surface area contributed by atoms with E-state index in [4.69, 9.17) is 0 Å². The second-order valence-corrected chi connectivity index (χ2v) is 5.46. The van der Waals surface area contributed by atoms with Gasteiger partial charge in [-0.1, -0.05) is 34.1 Å². The van der Waals surface area contributed by atoms with Crippen LogP contribution in [-0.4, -0.2) is 24.6 Å². The number of halogens is 2. The summed E-state index contributed by atoms with van der Waals surface area (Å²) in [5.74, 6) is -1.24. The first-order valence-corrected chi connectivity index (χ1v) is 7.45. The molecule has 0 saturated carbocycles. The Labute approximate surface area is 140 Å². The molecule has 0 heterocycles. The van der Waals surface area contributed by atoms with Gasteiger partial charge in [-0.05, 0) is 35.9 Å². The third-order valence-corrected chi connectivity index (χ3v) is 3.24. The molecule has 0 atom stereocenters. The lowest BCUT2D eigenvalue weighted by atomic mass is 10.2. The molecule has 0 spiro atoms. The number of amides is 2. The lowest BCUT2D eigenvalue weighted by Crippen LogP contribution is -2.34. The molecule has 2 amide bonds. The molecule has 0 aliphatic heterocycles.